The van der Waals surface area contributed by atoms with Crippen LogP contribution in [0.25, 0.3) is 0 Å². The van der Waals surface area contributed by atoms with E-state index in [1.54, 1.807) is 0 Å². The van der Waals surface area contributed by atoms with E-state index < -0.39 is 22.4 Å². The van der Waals surface area contributed by atoms with Gasteiger partial charge in [-0.2, -0.15) is 13.2 Å². The van der Waals surface area contributed by atoms with Crippen molar-refractivity contribution in [2.45, 2.75) is 24.5 Å². The summed E-state index contributed by atoms with van der Waals surface area (Å²) >= 11 is 2.36. The molecule has 5 nitrogen and oxygen atoms in total. The molecular weight excluding hydrogens is 377 g/mol. The second-order valence-corrected chi connectivity index (χ2v) is 7.40. The minimum atomic E-state index is -4.66. The van der Waals surface area contributed by atoms with Gasteiger partial charge in [-0.3, -0.25) is 14.9 Å². The van der Waals surface area contributed by atoms with Crippen molar-refractivity contribution in [3.63, 3.8) is 0 Å². The summed E-state index contributed by atoms with van der Waals surface area (Å²) in [6.07, 6.45) is -4.66. The molecule has 0 saturated carbocycles. The number of thiophene rings is 1. The third kappa shape index (κ3) is 5.46. The Hall–Kier alpha value is -2.07. The maximum absolute atomic E-state index is 12.6. The maximum Gasteiger partial charge on any atom is 0.416 e. The summed E-state index contributed by atoms with van der Waals surface area (Å²) in [7, 11) is 0. The van der Waals surface area contributed by atoms with Crippen molar-refractivity contribution in [3.05, 3.63) is 55.8 Å². The van der Waals surface area contributed by atoms with E-state index in [-0.39, 0.29) is 16.6 Å². The van der Waals surface area contributed by atoms with Gasteiger partial charge in [-0.25, -0.2) is 0 Å². The summed E-state index contributed by atoms with van der Waals surface area (Å²) in [6.45, 7) is 2.28. The second kappa shape index (κ2) is 7.87. The number of nitrogens with zero attached hydrogens (tertiary/aromatic N) is 1. The highest BCUT2D eigenvalue weighted by Crippen LogP contribution is 2.36. The molecule has 1 aromatic heterocycles. The Morgan fingerprint density at radius 1 is 1.32 bits per heavy atom. The van der Waals surface area contributed by atoms with Crippen LogP contribution in [0.3, 0.4) is 0 Å². The molecule has 2 rings (SSSR count). The highest BCUT2D eigenvalue weighted by molar-refractivity contribution is 8.00. The minimum absolute atomic E-state index is 0.0140. The summed E-state index contributed by atoms with van der Waals surface area (Å²) in [5.74, 6) is -0.485. The number of alkyl halides is 3. The van der Waals surface area contributed by atoms with E-state index in [1.165, 1.54) is 11.3 Å². The molecule has 0 unspecified atom stereocenters. The van der Waals surface area contributed by atoms with Gasteiger partial charge in [0.1, 0.15) is 0 Å². The first-order valence-corrected chi connectivity index (χ1v) is 8.77. The highest BCUT2D eigenvalue weighted by atomic mass is 32.2. The molecule has 1 heterocycles. The molecule has 10 heteroatoms. The van der Waals surface area contributed by atoms with Gasteiger partial charge < -0.3 is 5.32 Å². The Balaban J connectivity index is 1.99. The van der Waals surface area contributed by atoms with Crippen molar-refractivity contribution in [1.29, 1.82) is 0 Å². The quantitative estimate of drug-likeness (QED) is 0.451. The van der Waals surface area contributed by atoms with Gasteiger partial charge in [-0.1, -0.05) is 0 Å². The van der Waals surface area contributed by atoms with E-state index in [4.69, 9.17) is 0 Å². The first-order valence-electron chi connectivity index (χ1n) is 6.97. The van der Waals surface area contributed by atoms with Crippen LogP contribution in [-0.4, -0.2) is 16.6 Å². The van der Waals surface area contributed by atoms with Crippen molar-refractivity contribution in [1.82, 2.24) is 5.32 Å². The van der Waals surface area contributed by atoms with Gasteiger partial charge in [-0.15, -0.1) is 23.1 Å². The van der Waals surface area contributed by atoms with Crippen LogP contribution in [0.5, 0.6) is 0 Å². The van der Waals surface area contributed by atoms with E-state index in [9.17, 15) is 28.1 Å². The van der Waals surface area contributed by atoms with Gasteiger partial charge in [0.25, 0.3) is 5.69 Å². The molecule has 0 aliphatic rings. The molecule has 1 amide bonds. The molecule has 0 spiro atoms. The van der Waals surface area contributed by atoms with Crippen LogP contribution in [0.4, 0.5) is 18.9 Å². The third-order valence-corrected chi connectivity index (χ3v) is 5.16. The van der Waals surface area contributed by atoms with Crippen molar-refractivity contribution in [2.75, 3.05) is 5.75 Å². The molecule has 0 bridgehead atoms. The molecule has 0 fully saturated rings. The largest absolute Gasteiger partial charge is 0.416 e. The van der Waals surface area contributed by atoms with Crippen LogP contribution in [-0.2, 0) is 17.5 Å². The standard InChI is InChI=1S/C15H13F3N2O3S2/c1-9-2-4-11(25-9)7-19-14(21)8-24-13-5-3-10(15(16,17)18)6-12(13)20(22)23/h2-6H,7-8H2,1H3,(H,19,21). The molecule has 1 aromatic carbocycles. The van der Waals surface area contributed by atoms with Crippen LogP contribution in [0.15, 0.2) is 35.2 Å². The first kappa shape index (κ1) is 19.3. The smallest absolute Gasteiger partial charge is 0.350 e. The second-order valence-electron chi connectivity index (χ2n) is 5.02. The number of hydrogen-bond donors (Lipinski definition) is 1. The fourth-order valence-electron chi connectivity index (χ4n) is 1.92. The monoisotopic (exact) mass is 390 g/mol. The average molecular weight is 390 g/mol. The zero-order chi connectivity index (χ0) is 18.6. The number of rotatable bonds is 6. The SMILES string of the molecule is Cc1ccc(CNC(=O)CSc2ccc(C(F)(F)F)cc2[N+](=O)[O-])s1. The van der Waals surface area contributed by atoms with Gasteiger partial charge in [0.05, 0.1) is 27.7 Å². The molecular formula is C15H13F3N2O3S2. The van der Waals surface area contributed by atoms with Crippen molar-refractivity contribution in [3.8, 4) is 0 Å². The highest BCUT2D eigenvalue weighted by Gasteiger charge is 2.33. The molecule has 0 aliphatic heterocycles. The normalized spacial score (nSPS) is 11.4. The Labute approximate surface area is 149 Å². The van der Waals surface area contributed by atoms with Crippen LogP contribution in [0.2, 0.25) is 0 Å². The number of carbonyl (C=O) groups excluding carboxylic acids is 1. The Morgan fingerprint density at radius 2 is 2.04 bits per heavy atom. The number of nitrogens with one attached hydrogen (secondary N) is 1. The summed E-state index contributed by atoms with van der Waals surface area (Å²) in [6, 6.07) is 6.07. The molecule has 0 radical (unpaired) electrons. The number of amides is 1. The summed E-state index contributed by atoms with van der Waals surface area (Å²) in [4.78, 5) is 24.0. The summed E-state index contributed by atoms with van der Waals surface area (Å²) in [5.41, 5.74) is -1.76. The first-order chi connectivity index (χ1) is 11.7. The lowest BCUT2D eigenvalue weighted by Gasteiger charge is -2.09. The number of aryl methyl sites for hydroxylation is 1. The van der Waals surface area contributed by atoms with Crippen molar-refractivity contribution in [2.24, 2.45) is 0 Å². The van der Waals surface area contributed by atoms with Gasteiger partial charge in [-0.05, 0) is 31.2 Å². The van der Waals surface area contributed by atoms with E-state index in [0.29, 0.717) is 12.6 Å². The van der Waals surface area contributed by atoms with E-state index in [0.717, 1.165) is 33.6 Å². The fraction of sp³-hybridized carbons (Fsp3) is 0.267. The third-order valence-electron chi connectivity index (χ3n) is 3.10. The van der Waals surface area contributed by atoms with Crippen LogP contribution in [0, 0.1) is 17.0 Å². The van der Waals surface area contributed by atoms with Crippen LogP contribution in [0.1, 0.15) is 15.3 Å². The number of hydrogen-bond acceptors (Lipinski definition) is 5. The topological polar surface area (TPSA) is 72.2 Å². The Morgan fingerprint density at radius 3 is 2.60 bits per heavy atom. The lowest BCUT2D eigenvalue weighted by Crippen LogP contribution is -2.24. The van der Waals surface area contributed by atoms with Crippen molar-refractivity contribution < 1.29 is 22.9 Å². The molecule has 0 atom stereocenters. The van der Waals surface area contributed by atoms with Gasteiger partial charge in [0, 0.05) is 15.8 Å². The zero-order valence-corrected chi connectivity index (χ0v) is 14.6. The van der Waals surface area contributed by atoms with Gasteiger partial charge >= 0.3 is 6.18 Å². The number of nitro groups is 1. The Bertz CT molecular complexity index is 791. The number of thioether (sulfide) groups is 1. The molecule has 134 valence electrons. The summed E-state index contributed by atoms with van der Waals surface area (Å²) < 4.78 is 37.9. The lowest BCUT2D eigenvalue weighted by molar-refractivity contribution is -0.388. The van der Waals surface area contributed by atoms with E-state index in [1.807, 2.05) is 19.1 Å². The van der Waals surface area contributed by atoms with Crippen molar-refractivity contribution >= 4 is 34.7 Å². The number of carbonyl (C=O) groups is 1. The predicted molar refractivity (Wildman–Crippen MR) is 89.7 cm³/mol. The van der Waals surface area contributed by atoms with E-state index in [2.05, 4.69) is 5.32 Å². The number of nitro benzene ring substituents is 1. The molecule has 2 aromatic rings. The van der Waals surface area contributed by atoms with Crippen LogP contribution >= 0.6 is 23.1 Å². The Kier molecular flexibility index (Phi) is 6.07. The predicted octanol–water partition coefficient (Wildman–Crippen LogP) is 4.39. The summed E-state index contributed by atoms with van der Waals surface area (Å²) in [5, 5.41) is 13.7. The lowest BCUT2D eigenvalue weighted by atomic mass is 10.2. The molecule has 0 aliphatic carbocycles. The number of benzene rings is 1. The molecule has 25 heavy (non-hydrogen) atoms. The number of halogens is 3. The van der Waals surface area contributed by atoms with Gasteiger partial charge in [0.15, 0.2) is 0 Å². The van der Waals surface area contributed by atoms with Gasteiger partial charge in [0.2, 0.25) is 5.91 Å². The molecule has 1 N–H and O–H groups in total. The average Bonchev–Trinajstić information content (AvgIpc) is 2.95. The molecule has 0 saturated heterocycles. The fourth-order valence-corrected chi connectivity index (χ4v) is 3.58. The van der Waals surface area contributed by atoms with E-state index >= 15 is 0 Å². The van der Waals surface area contributed by atoms with Crippen LogP contribution < -0.4 is 5.32 Å². The minimum Gasteiger partial charge on any atom is -0.350 e. The maximum atomic E-state index is 12.6. The zero-order valence-electron chi connectivity index (χ0n) is 12.9.